The molecule has 4 heteroatoms. The van der Waals surface area contributed by atoms with Gasteiger partial charge >= 0.3 is 0 Å². The van der Waals surface area contributed by atoms with Crippen LogP contribution in [0.1, 0.15) is 11.1 Å². The van der Waals surface area contributed by atoms with Gasteiger partial charge in [-0.25, -0.2) is 0 Å². The quantitative estimate of drug-likeness (QED) is 0.830. The lowest BCUT2D eigenvalue weighted by Crippen LogP contribution is -3.27. The molecule has 0 saturated carbocycles. The van der Waals surface area contributed by atoms with Crippen molar-refractivity contribution in [3.05, 3.63) is 64.7 Å². The number of halogens is 1. The Morgan fingerprint density at radius 1 is 0.913 bits per heavy atom. The SMILES string of the molecule is COc1cccc(C[NH+]2CC[NH+](Cc3ccccc3Cl)CC2)c1. The second kappa shape index (κ2) is 7.82. The van der Waals surface area contributed by atoms with Gasteiger partial charge in [0.25, 0.3) is 0 Å². The highest BCUT2D eigenvalue weighted by atomic mass is 35.5. The van der Waals surface area contributed by atoms with E-state index >= 15 is 0 Å². The van der Waals surface area contributed by atoms with Crippen LogP contribution in [0.2, 0.25) is 5.02 Å². The molecule has 0 aliphatic carbocycles. The normalized spacial score (nSPS) is 21.1. The zero-order valence-electron chi connectivity index (χ0n) is 13.6. The van der Waals surface area contributed by atoms with Crippen molar-refractivity contribution in [2.24, 2.45) is 0 Å². The van der Waals surface area contributed by atoms with Gasteiger partial charge in [0, 0.05) is 16.1 Å². The largest absolute Gasteiger partial charge is 0.497 e. The van der Waals surface area contributed by atoms with Crippen molar-refractivity contribution < 1.29 is 14.5 Å². The van der Waals surface area contributed by atoms with E-state index in [0.29, 0.717) is 0 Å². The molecular formula is C19H25ClN2O+2. The fraction of sp³-hybridized carbons (Fsp3) is 0.368. The van der Waals surface area contributed by atoms with Crippen molar-refractivity contribution in [3.8, 4) is 5.75 Å². The first kappa shape index (κ1) is 16.3. The predicted octanol–water partition coefficient (Wildman–Crippen LogP) is 0.832. The first-order chi connectivity index (χ1) is 11.2. The lowest BCUT2D eigenvalue weighted by Gasteiger charge is -2.30. The Labute approximate surface area is 143 Å². The third-order valence-electron chi connectivity index (χ3n) is 4.65. The Morgan fingerprint density at radius 2 is 1.61 bits per heavy atom. The summed E-state index contributed by atoms with van der Waals surface area (Å²) in [5, 5.41) is 0.895. The van der Waals surface area contributed by atoms with E-state index < -0.39 is 0 Å². The lowest BCUT2D eigenvalue weighted by atomic mass is 10.1. The predicted molar refractivity (Wildman–Crippen MR) is 93.2 cm³/mol. The van der Waals surface area contributed by atoms with Gasteiger partial charge in [-0.1, -0.05) is 41.9 Å². The number of hydrogen-bond acceptors (Lipinski definition) is 1. The van der Waals surface area contributed by atoms with Crippen LogP contribution >= 0.6 is 11.6 Å². The number of hydrogen-bond donors (Lipinski definition) is 2. The first-order valence-corrected chi connectivity index (χ1v) is 8.66. The van der Waals surface area contributed by atoms with Gasteiger partial charge in [-0.15, -0.1) is 0 Å². The average Bonchev–Trinajstić information content (AvgIpc) is 2.59. The molecular weight excluding hydrogens is 308 g/mol. The third-order valence-corrected chi connectivity index (χ3v) is 5.02. The lowest BCUT2D eigenvalue weighted by molar-refractivity contribution is -1.02. The molecule has 1 aliphatic heterocycles. The maximum atomic E-state index is 6.28. The van der Waals surface area contributed by atoms with Crippen LogP contribution in [0.5, 0.6) is 5.75 Å². The highest BCUT2D eigenvalue weighted by Gasteiger charge is 2.23. The van der Waals surface area contributed by atoms with Crippen LogP contribution in [-0.4, -0.2) is 33.3 Å². The molecule has 122 valence electrons. The summed E-state index contributed by atoms with van der Waals surface area (Å²) in [4.78, 5) is 3.29. The number of quaternary nitrogens is 2. The van der Waals surface area contributed by atoms with Crippen LogP contribution in [-0.2, 0) is 13.1 Å². The molecule has 2 N–H and O–H groups in total. The van der Waals surface area contributed by atoms with Crippen LogP contribution in [0.3, 0.4) is 0 Å². The Morgan fingerprint density at radius 3 is 2.30 bits per heavy atom. The van der Waals surface area contributed by atoms with Crippen molar-refractivity contribution in [1.29, 1.82) is 0 Å². The second-order valence-corrected chi connectivity index (χ2v) is 6.70. The minimum atomic E-state index is 0.895. The van der Waals surface area contributed by atoms with Crippen molar-refractivity contribution in [1.82, 2.24) is 0 Å². The fourth-order valence-electron chi connectivity index (χ4n) is 3.29. The average molecular weight is 333 g/mol. The second-order valence-electron chi connectivity index (χ2n) is 6.30. The van der Waals surface area contributed by atoms with Gasteiger partial charge in [0.2, 0.25) is 0 Å². The third kappa shape index (κ3) is 4.47. The molecule has 1 aliphatic rings. The number of rotatable bonds is 5. The summed E-state index contributed by atoms with van der Waals surface area (Å²) >= 11 is 6.28. The molecule has 1 heterocycles. The standard InChI is InChI=1S/C19H23ClN2O/c1-23-18-7-4-5-16(13-18)14-21-9-11-22(12-10-21)15-17-6-2-3-8-19(17)20/h2-8,13H,9-12,14-15H2,1H3/p+2. The minimum absolute atomic E-state index is 0.895. The van der Waals surface area contributed by atoms with Crippen LogP contribution < -0.4 is 14.5 Å². The number of benzene rings is 2. The molecule has 23 heavy (non-hydrogen) atoms. The summed E-state index contributed by atoms with van der Waals surface area (Å²) in [7, 11) is 1.73. The van der Waals surface area contributed by atoms with Gasteiger partial charge in [-0.05, 0) is 18.2 Å². The molecule has 2 aromatic carbocycles. The maximum absolute atomic E-state index is 6.28. The topological polar surface area (TPSA) is 18.1 Å². The number of nitrogens with one attached hydrogen (secondary N) is 2. The number of methoxy groups -OCH3 is 1. The Kier molecular flexibility index (Phi) is 5.55. The van der Waals surface area contributed by atoms with Crippen molar-refractivity contribution in [3.63, 3.8) is 0 Å². The van der Waals surface area contributed by atoms with E-state index in [0.717, 1.165) is 23.9 Å². The molecule has 0 amide bonds. The van der Waals surface area contributed by atoms with E-state index in [4.69, 9.17) is 16.3 Å². The zero-order chi connectivity index (χ0) is 16.1. The molecule has 3 rings (SSSR count). The molecule has 0 unspecified atom stereocenters. The van der Waals surface area contributed by atoms with Gasteiger partial charge < -0.3 is 14.5 Å². The van der Waals surface area contributed by atoms with E-state index in [2.05, 4.69) is 30.3 Å². The molecule has 0 radical (unpaired) electrons. The molecule has 2 aromatic rings. The molecule has 0 bridgehead atoms. The highest BCUT2D eigenvalue weighted by Crippen LogP contribution is 2.13. The fourth-order valence-corrected chi connectivity index (χ4v) is 3.50. The molecule has 0 spiro atoms. The smallest absolute Gasteiger partial charge is 0.127 e. The number of ether oxygens (including phenoxy) is 1. The Bertz CT molecular complexity index is 639. The zero-order valence-corrected chi connectivity index (χ0v) is 14.4. The molecule has 3 nitrogen and oxygen atoms in total. The molecule has 0 aromatic heterocycles. The van der Waals surface area contributed by atoms with Crippen molar-refractivity contribution >= 4 is 11.6 Å². The van der Waals surface area contributed by atoms with Gasteiger partial charge in [0.05, 0.1) is 7.11 Å². The Balaban J connectivity index is 1.51. The van der Waals surface area contributed by atoms with E-state index in [-0.39, 0.29) is 0 Å². The van der Waals surface area contributed by atoms with E-state index in [1.54, 1.807) is 16.9 Å². The van der Waals surface area contributed by atoms with Gasteiger partial charge in [-0.3, -0.25) is 0 Å². The summed E-state index contributed by atoms with van der Waals surface area (Å²) in [5.74, 6) is 0.949. The minimum Gasteiger partial charge on any atom is -0.497 e. The summed E-state index contributed by atoms with van der Waals surface area (Å²) in [6.45, 7) is 6.92. The Hall–Kier alpha value is -1.55. The van der Waals surface area contributed by atoms with E-state index in [1.165, 1.54) is 37.3 Å². The summed E-state index contributed by atoms with van der Waals surface area (Å²) < 4.78 is 5.31. The van der Waals surface area contributed by atoms with Crippen LogP contribution in [0.15, 0.2) is 48.5 Å². The van der Waals surface area contributed by atoms with Gasteiger partial charge in [0.1, 0.15) is 45.0 Å². The monoisotopic (exact) mass is 332 g/mol. The van der Waals surface area contributed by atoms with E-state index in [1.807, 2.05) is 18.2 Å². The molecule has 1 fully saturated rings. The maximum Gasteiger partial charge on any atom is 0.127 e. The molecule has 1 saturated heterocycles. The number of piperazine rings is 1. The first-order valence-electron chi connectivity index (χ1n) is 8.28. The van der Waals surface area contributed by atoms with Crippen molar-refractivity contribution in [2.75, 3.05) is 33.3 Å². The highest BCUT2D eigenvalue weighted by molar-refractivity contribution is 6.31. The van der Waals surface area contributed by atoms with Gasteiger partial charge in [0.15, 0.2) is 0 Å². The van der Waals surface area contributed by atoms with Crippen molar-refractivity contribution in [2.45, 2.75) is 13.1 Å². The summed E-state index contributed by atoms with van der Waals surface area (Å²) in [5.41, 5.74) is 2.62. The van der Waals surface area contributed by atoms with E-state index in [9.17, 15) is 0 Å². The van der Waals surface area contributed by atoms with Gasteiger partial charge in [-0.2, -0.15) is 0 Å². The summed E-state index contributed by atoms with van der Waals surface area (Å²) in [6, 6.07) is 16.6. The summed E-state index contributed by atoms with van der Waals surface area (Å²) in [6.07, 6.45) is 0. The van der Waals surface area contributed by atoms with Crippen LogP contribution in [0.25, 0.3) is 0 Å². The molecule has 0 atom stereocenters. The van der Waals surface area contributed by atoms with Crippen LogP contribution in [0, 0.1) is 0 Å². The van der Waals surface area contributed by atoms with Crippen LogP contribution in [0.4, 0.5) is 0 Å².